The van der Waals surface area contributed by atoms with Gasteiger partial charge < -0.3 is 5.32 Å². The zero-order chi connectivity index (χ0) is 14.4. The van der Waals surface area contributed by atoms with Crippen molar-refractivity contribution >= 4 is 27.3 Å². The molecule has 0 aliphatic carbocycles. The van der Waals surface area contributed by atoms with Crippen LogP contribution in [0.5, 0.6) is 0 Å². The molecule has 108 valence electrons. The first kappa shape index (κ1) is 15.7. The second-order valence-electron chi connectivity index (χ2n) is 5.15. The Labute approximate surface area is 134 Å². The maximum atomic E-state index is 3.68. The molecule has 0 fully saturated rings. The average molecular weight is 352 g/mol. The lowest BCUT2D eigenvalue weighted by molar-refractivity contribution is 0.384. The van der Waals surface area contributed by atoms with Crippen LogP contribution in [0.1, 0.15) is 30.7 Å². The zero-order valence-corrected chi connectivity index (χ0v) is 14.6. The standard InChI is InChI=1S/C17H22BrNS/c1-3-17(13-19-4-2,14-8-6-5-7-9-14)12-16-15(18)10-11-20-16/h5-11,19H,3-4,12-13H2,1-2H3. The summed E-state index contributed by atoms with van der Waals surface area (Å²) in [5.74, 6) is 0. The van der Waals surface area contributed by atoms with E-state index >= 15 is 0 Å². The molecule has 0 saturated heterocycles. The van der Waals surface area contributed by atoms with Gasteiger partial charge in [-0.2, -0.15) is 0 Å². The average Bonchev–Trinajstić information content (AvgIpc) is 2.89. The van der Waals surface area contributed by atoms with Gasteiger partial charge in [0.05, 0.1) is 0 Å². The van der Waals surface area contributed by atoms with Crippen LogP contribution < -0.4 is 5.32 Å². The van der Waals surface area contributed by atoms with E-state index in [1.54, 1.807) is 0 Å². The van der Waals surface area contributed by atoms with Crippen molar-refractivity contribution in [3.8, 4) is 0 Å². The van der Waals surface area contributed by atoms with Gasteiger partial charge in [-0.05, 0) is 52.3 Å². The van der Waals surface area contributed by atoms with Crippen LogP contribution >= 0.6 is 27.3 Å². The molecular formula is C17H22BrNS. The third kappa shape index (κ3) is 3.51. The van der Waals surface area contributed by atoms with E-state index in [0.29, 0.717) is 0 Å². The monoisotopic (exact) mass is 351 g/mol. The Morgan fingerprint density at radius 3 is 2.45 bits per heavy atom. The van der Waals surface area contributed by atoms with Crippen molar-refractivity contribution in [3.05, 3.63) is 56.7 Å². The summed E-state index contributed by atoms with van der Waals surface area (Å²) in [5, 5.41) is 5.72. The predicted octanol–water partition coefficient (Wildman–Crippen LogP) is 5.01. The zero-order valence-electron chi connectivity index (χ0n) is 12.2. The second-order valence-corrected chi connectivity index (χ2v) is 7.00. The molecule has 1 aromatic carbocycles. The van der Waals surface area contributed by atoms with Crippen molar-refractivity contribution < 1.29 is 0 Å². The third-order valence-electron chi connectivity index (χ3n) is 3.97. The van der Waals surface area contributed by atoms with Gasteiger partial charge in [0, 0.05) is 21.3 Å². The predicted molar refractivity (Wildman–Crippen MR) is 92.7 cm³/mol. The molecule has 1 unspecified atom stereocenters. The normalized spacial score (nSPS) is 14.2. The molecule has 1 N–H and O–H groups in total. The van der Waals surface area contributed by atoms with E-state index in [9.17, 15) is 0 Å². The molecule has 1 atom stereocenters. The Balaban J connectivity index is 2.34. The van der Waals surface area contributed by atoms with E-state index in [1.165, 1.54) is 14.9 Å². The van der Waals surface area contributed by atoms with Crippen LogP contribution in [0.3, 0.4) is 0 Å². The van der Waals surface area contributed by atoms with Gasteiger partial charge in [0.15, 0.2) is 0 Å². The molecule has 20 heavy (non-hydrogen) atoms. The smallest absolute Gasteiger partial charge is 0.0314 e. The van der Waals surface area contributed by atoms with Gasteiger partial charge in [0.2, 0.25) is 0 Å². The quantitative estimate of drug-likeness (QED) is 0.739. The number of hydrogen-bond acceptors (Lipinski definition) is 2. The minimum Gasteiger partial charge on any atom is -0.316 e. The van der Waals surface area contributed by atoms with Crippen LogP contribution in [-0.4, -0.2) is 13.1 Å². The van der Waals surface area contributed by atoms with E-state index in [0.717, 1.165) is 25.9 Å². The Hall–Kier alpha value is -0.640. The minimum absolute atomic E-state index is 0.171. The van der Waals surface area contributed by atoms with Crippen molar-refractivity contribution in [2.45, 2.75) is 32.1 Å². The number of thiophene rings is 1. The first-order valence-corrected chi connectivity index (χ1v) is 8.87. The summed E-state index contributed by atoms with van der Waals surface area (Å²) in [7, 11) is 0. The molecule has 0 aliphatic rings. The fraction of sp³-hybridized carbons (Fsp3) is 0.412. The summed E-state index contributed by atoms with van der Waals surface area (Å²) in [6.07, 6.45) is 2.22. The van der Waals surface area contributed by atoms with Gasteiger partial charge in [-0.15, -0.1) is 11.3 Å². The first-order chi connectivity index (χ1) is 9.72. The number of nitrogens with one attached hydrogen (secondary N) is 1. The highest BCUT2D eigenvalue weighted by Gasteiger charge is 2.31. The number of hydrogen-bond donors (Lipinski definition) is 1. The van der Waals surface area contributed by atoms with Crippen LogP contribution in [0.4, 0.5) is 0 Å². The Kier molecular flexibility index (Phi) is 5.82. The second kappa shape index (κ2) is 7.39. The summed E-state index contributed by atoms with van der Waals surface area (Å²) in [4.78, 5) is 1.44. The van der Waals surface area contributed by atoms with Gasteiger partial charge >= 0.3 is 0 Å². The summed E-state index contributed by atoms with van der Waals surface area (Å²) in [6, 6.07) is 13.1. The molecule has 0 radical (unpaired) electrons. The third-order valence-corrected chi connectivity index (χ3v) is 5.89. The van der Waals surface area contributed by atoms with E-state index in [4.69, 9.17) is 0 Å². The highest BCUT2D eigenvalue weighted by Crippen LogP contribution is 2.36. The minimum atomic E-state index is 0.171. The number of benzene rings is 1. The molecule has 1 aromatic heterocycles. The summed E-state index contributed by atoms with van der Waals surface area (Å²) in [5.41, 5.74) is 1.61. The van der Waals surface area contributed by atoms with Crippen LogP contribution in [0.25, 0.3) is 0 Å². The maximum Gasteiger partial charge on any atom is 0.0314 e. The van der Waals surface area contributed by atoms with Gasteiger partial charge in [0.1, 0.15) is 0 Å². The molecule has 0 amide bonds. The fourth-order valence-electron chi connectivity index (χ4n) is 2.64. The molecule has 0 spiro atoms. The van der Waals surface area contributed by atoms with E-state index in [2.05, 4.69) is 76.9 Å². The lowest BCUT2D eigenvalue weighted by Crippen LogP contribution is -2.39. The van der Waals surface area contributed by atoms with Crippen molar-refractivity contribution in [2.24, 2.45) is 0 Å². The van der Waals surface area contributed by atoms with E-state index in [1.807, 2.05) is 11.3 Å². The van der Waals surface area contributed by atoms with Crippen molar-refractivity contribution in [1.29, 1.82) is 0 Å². The maximum absolute atomic E-state index is 3.68. The molecule has 2 rings (SSSR count). The molecular weight excluding hydrogens is 330 g/mol. The number of rotatable bonds is 7. The molecule has 3 heteroatoms. The lowest BCUT2D eigenvalue weighted by atomic mass is 9.75. The molecule has 1 heterocycles. The van der Waals surface area contributed by atoms with Crippen LogP contribution in [0.2, 0.25) is 0 Å². The van der Waals surface area contributed by atoms with Crippen LogP contribution in [0.15, 0.2) is 46.3 Å². The number of likely N-dealkylation sites (N-methyl/N-ethyl adjacent to an activating group) is 1. The van der Waals surface area contributed by atoms with Gasteiger partial charge in [-0.1, -0.05) is 44.2 Å². The molecule has 2 aromatic rings. The molecule has 0 aliphatic heterocycles. The van der Waals surface area contributed by atoms with Gasteiger partial charge in [0.25, 0.3) is 0 Å². The van der Waals surface area contributed by atoms with Gasteiger partial charge in [-0.25, -0.2) is 0 Å². The topological polar surface area (TPSA) is 12.0 Å². The Morgan fingerprint density at radius 2 is 1.90 bits per heavy atom. The van der Waals surface area contributed by atoms with Gasteiger partial charge in [-0.3, -0.25) is 0 Å². The van der Waals surface area contributed by atoms with E-state index in [-0.39, 0.29) is 5.41 Å². The molecule has 0 bridgehead atoms. The molecule has 0 saturated carbocycles. The van der Waals surface area contributed by atoms with Crippen LogP contribution in [-0.2, 0) is 11.8 Å². The highest BCUT2D eigenvalue weighted by molar-refractivity contribution is 9.10. The van der Waals surface area contributed by atoms with Crippen LogP contribution in [0, 0.1) is 0 Å². The Morgan fingerprint density at radius 1 is 1.15 bits per heavy atom. The van der Waals surface area contributed by atoms with Crippen molar-refractivity contribution in [2.75, 3.05) is 13.1 Å². The highest BCUT2D eigenvalue weighted by atomic mass is 79.9. The first-order valence-electron chi connectivity index (χ1n) is 7.20. The SMILES string of the molecule is CCNCC(CC)(Cc1sccc1Br)c1ccccc1. The Bertz CT molecular complexity index is 523. The van der Waals surface area contributed by atoms with Crippen molar-refractivity contribution in [1.82, 2.24) is 5.32 Å². The summed E-state index contributed by atoms with van der Waals surface area (Å²) in [6.45, 7) is 6.51. The summed E-state index contributed by atoms with van der Waals surface area (Å²) < 4.78 is 1.24. The van der Waals surface area contributed by atoms with E-state index < -0.39 is 0 Å². The lowest BCUT2D eigenvalue weighted by Gasteiger charge is -2.34. The number of halogens is 1. The largest absolute Gasteiger partial charge is 0.316 e. The molecule has 1 nitrogen and oxygen atoms in total. The fourth-order valence-corrected chi connectivity index (χ4v) is 4.27. The van der Waals surface area contributed by atoms with Crippen molar-refractivity contribution in [3.63, 3.8) is 0 Å². The summed E-state index contributed by atoms with van der Waals surface area (Å²) >= 11 is 5.52.